The van der Waals surface area contributed by atoms with Gasteiger partial charge in [-0.05, 0) is 32.4 Å². The van der Waals surface area contributed by atoms with Crippen LogP contribution in [0.4, 0.5) is 0 Å². The molecule has 2 rings (SSSR count). The smallest absolute Gasteiger partial charge is 0.269 e. The van der Waals surface area contributed by atoms with Crippen LogP contribution in [0.2, 0.25) is 5.02 Å². The molecule has 0 bridgehead atoms. The summed E-state index contributed by atoms with van der Waals surface area (Å²) >= 11 is 5.99. The van der Waals surface area contributed by atoms with E-state index in [0.29, 0.717) is 16.6 Å². The van der Waals surface area contributed by atoms with Crippen LogP contribution < -0.4 is 10.6 Å². The molecule has 6 heteroatoms. The number of nitrogens with one attached hydrogen (secondary N) is 3. The standard InChI is InChI=1S/C13H17ClN4O/c1-7-6-16-4-3-10(7)18-13(19)12-9(5-15)11(14)8(2)17-12/h7,10,16-17H,3-4,6H2,1-2H3,(H,18,19). The summed E-state index contributed by atoms with van der Waals surface area (Å²) in [6.45, 7) is 5.62. The number of aromatic amines is 1. The van der Waals surface area contributed by atoms with Gasteiger partial charge < -0.3 is 15.6 Å². The van der Waals surface area contributed by atoms with E-state index in [2.05, 4.69) is 22.5 Å². The Hall–Kier alpha value is -1.51. The quantitative estimate of drug-likeness (QED) is 0.769. The highest BCUT2D eigenvalue weighted by atomic mass is 35.5. The fourth-order valence-electron chi connectivity index (χ4n) is 2.35. The number of nitriles is 1. The summed E-state index contributed by atoms with van der Waals surface area (Å²) in [6, 6.07) is 2.11. The molecule has 2 atom stereocenters. The normalized spacial score (nSPS) is 22.8. The number of hydrogen-bond acceptors (Lipinski definition) is 3. The average Bonchev–Trinajstić information content (AvgIpc) is 2.68. The lowest BCUT2D eigenvalue weighted by molar-refractivity contribution is 0.0909. The highest BCUT2D eigenvalue weighted by molar-refractivity contribution is 6.33. The van der Waals surface area contributed by atoms with E-state index in [9.17, 15) is 4.79 Å². The molecule has 0 radical (unpaired) electrons. The molecule has 1 aliphatic rings. The molecule has 102 valence electrons. The van der Waals surface area contributed by atoms with Crippen LogP contribution in [0.3, 0.4) is 0 Å². The Bertz CT molecular complexity index is 531. The second-order valence-electron chi connectivity index (χ2n) is 4.98. The number of aryl methyl sites for hydroxylation is 1. The van der Waals surface area contributed by atoms with Crippen molar-refractivity contribution in [2.75, 3.05) is 13.1 Å². The summed E-state index contributed by atoms with van der Waals surface area (Å²) in [5, 5.41) is 15.7. The molecule has 1 aromatic heterocycles. The highest BCUT2D eigenvalue weighted by Crippen LogP contribution is 2.23. The largest absolute Gasteiger partial charge is 0.352 e. The molecule has 2 heterocycles. The fraction of sp³-hybridized carbons (Fsp3) is 0.538. The third-order valence-corrected chi connectivity index (χ3v) is 4.02. The lowest BCUT2D eigenvalue weighted by atomic mass is 9.95. The van der Waals surface area contributed by atoms with Crippen molar-refractivity contribution in [3.05, 3.63) is 22.0 Å². The summed E-state index contributed by atoms with van der Waals surface area (Å²) < 4.78 is 0. The Kier molecular flexibility index (Phi) is 4.13. The number of H-pyrrole nitrogens is 1. The third-order valence-electron chi connectivity index (χ3n) is 3.55. The van der Waals surface area contributed by atoms with Crippen molar-refractivity contribution < 1.29 is 4.79 Å². The third kappa shape index (κ3) is 2.75. The predicted molar refractivity (Wildman–Crippen MR) is 73.2 cm³/mol. The maximum Gasteiger partial charge on any atom is 0.269 e. The molecule has 0 aliphatic carbocycles. The lowest BCUT2D eigenvalue weighted by Gasteiger charge is -2.30. The number of aromatic nitrogens is 1. The number of carbonyl (C=O) groups excluding carboxylic acids is 1. The van der Waals surface area contributed by atoms with Crippen LogP contribution in [0.15, 0.2) is 0 Å². The maximum absolute atomic E-state index is 12.2. The topological polar surface area (TPSA) is 80.7 Å². The Morgan fingerprint density at radius 3 is 2.95 bits per heavy atom. The van der Waals surface area contributed by atoms with E-state index in [1.165, 1.54) is 0 Å². The van der Waals surface area contributed by atoms with Gasteiger partial charge in [0.25, 0.3) is 5.91 Å². The molecular formula is C13H17ClN4O. The van der Waals surface area contributed by atoms with E-state index in [4.69, 9.17) is 16.9 Å². The SMILES string of the molecule is Cc1[nH]c(C(=O)NC2CCNCC2C)c(C#N)c1Cl. The zero-order chi connectivity index (χ0) is 14.0. The van der Waals surface area contributed by atoms with Gasteiger partial charge in [0.1, 0.15) is 17.3 Å². The number of nitrogens with zero attached hydrogens (tertiary/aromatic N) is 1. The first kappa shape index (κ1) is 13.9. The number of hydrogen-bond donors (Lipinski definition) is 3. The van der Waals surface area contributed by atoms with Crippen LogP contribution in [-0.2, 0) is 0 Å². The van der Waals surface area contributed by atoms with E-state index in [-0.39, 0.29) is 23.2 Å². The van der Waals surface area contributed by atoms with E-state index in [1.807, 2.05) is 6.07 Å². The van der Waals surface area contributed by atoms with Crippen molar-refractivity contribution in [3.63, 3.8) is 0 Å². The zero-order valence-electron chi connectivity index (χ0n) is 11.0. The van der Waals surface area contributed by atoms with E-state index in [1.54, 1.807) is 6.92 Å². The van der Waals surface area contributed by atoms with Crippen LogP contribution in [0, 0.1) is 24.2 Å². The van der Waals surface area contributed by atoms with Gasteiger partial charge in [0.2, 0.25) is 0 Å². The van der Waals surface area contributed by atoms with Gasteiger partial charge in [-0.25, -0.2) is 0 Å². The minimum atomic E-state index is -0.259. The second-order valence-corrected chi connectivity index (χ2v) is 5.35. The number of halogens is 1. The van der Waals surface area contributed by atoms with Gasteiger partial charge in [-0.2, -0.15) is 5.26 Å². The average molecular weight is 281 g/mol. The van der Waals surface area contributed by atoms with Crippen LogP contribution in [0.5, 0.6) is 0 Å². The molecule has 2 unspecified atom stereocenters. The number of rotatable bonds is 2. The van der Waals surface area contributed by atoms with E-state index in [0.717, 1.165) is 19.5 Å². The van der Waals surface area contributed by atoms with Crippen LogP contribution >= 0.6 is 11.6 Å². The first-order chi connectivity index (χ1) is 9.04. The fourth-order valence-corrected chi connectivity index (χ4v) is 2.53. The van der Waals surface area contributed by atoms with Gasteiger partial charge in [-0.1, -0.05) is 18.5 Å². The Labute approximate surface area is 117 Å². The molecule has 1 aromatic rings. The molecule has 0 spiro atoms. The first-order valence-corrected chi connectivity index (χ1v) is 6.72. The van der Waals surface area contributed by atoms with Crippen molar-refractivity contribution in [1.82, 2.24) is 15.6 Å². The van der Waals surface area contributed by atoms with Gasteiger partial charge in [-0.3, -0.25) is 4.79 Å². The molecule has 1 aliphatic heterocycles. The second kappa shape index (κ2) is 5.64. The predicted octanol–water partition coefficient (Wildman–Crippen LogP) is 1.58. The summed E-state index contributed by atoms with van der Waals surface area (Å²) in [4.78, 5) is 15.1. The van der Waals surface area contributed by atoms with Crippen molar-refractivity contribution in [2.24, 2.45) is 5.92 Å². The Balaban J connectivity index is 2.16. The van der Waals surface area contributed by atoms with Crippen LogP contribution in [0.25, 0.3) is 0 Å². The monoisotopic (exact) mass is 280 g/mol. The maximum atomic E-state index is 12.2. The van der Waals surface area contributed by atoms with Gasteiger partial charge in [0, 0.05) is 11.7 Å². The molecule has 1 amide bonds. The summed E-state index contributed by atoms with van der Waals surface area (Å²) in [7, 11) is 0. The Morgan fingerprint density at radius 2 is 2.32 bits per heavy atom. The van der Waals surface area contributed by atoms with Crippen LogP contribution in [0.1, 0.15) is 35.1 Å². The molecular weight excluding hydrogens is 264 g/mol. The summed E-state index contributed by atoms with van der Waals surface area (Å²) in [6.07, 6.45) is 0.891. The molecule has 5 nitrogen and oxygen atoms in total. The molecule has 3 N–H and O–H groups in total. The molecule has 19 heavy (non-hydrogen) atoms. The Morgan fingerprint density at radius 1 is 1.58 bits per heavy atom. The van der Waals surface area contributed by atoms with Gasteiger partial charge in [0.15, 0.2) is 0 Å². The van der Waals surface area contributed by atoms with Gasteiger partial charge >= 0.3 is 0 Å². The number of piperidine rings is 1. The summed E-state index contributed by atoms with van der Waals surface area (Å²) in [5.74, 6) is 0.111. The number of carbonyl (C=O) groups is 1. The molecule has 0 saturated carbocycles. The van der Waals surface area contributed by atoms with Crippen molar-refractivity contribution in [2.45, 2.75) is 26.3 Å². The van der Waals surface area contributed by atoms with Gasteiger partial charge in [0.05, 0.1) is 5.02 Å². The molecule has 1 saturated heterocycles. The van der Waals surface area contributed by atoms with Crippen molar-refractivity contribution in [3.8, 4) is 6.07 Å². The summed E-state index contributed by atoms with van der Waals surface area (Å²) in [5.41, 5.74) is 1.12. The zero-order valence-corrected chi connectivity index (χ0v) is 11.8. The van der Waals surface area contributed by atoms with Crippen molar-refractivity contribution >= 4 is 17.5 Å². The highest BCUT2D eigenvalue weighted by Gasteiger charge is 2.26. The number of amides is 1. The molecule has 0 aromatic carbocycles. The van der Waals surface area contributed by atoms with E-state index >= 15 is 0 Å². The van der Waals surface area contributed by atoms with E-state index < -0.39 is 0 Å². The van der Waals surface area contributed by atoms with Gasteiger partial charge in [-0.15, -0.1) is 0 Å². The van der Waals surface area contributed by atoms with Crippen LogP contribution in [-0.4, -0.2) is 30.0 Å². The minimum Gasteiger partial charge on any atom is -0.352 e. The first-order valence-electron chi connectivity index (χ1n) is 6.34. The van der Waals surface area contributed by atoms with Crippen molar-refractivity contribution in [1.29, 1.82) is 5.26 Å². The molecule has 1 fully saturated rings. The lowest BCUT2D eigenvalue weighted by Crippen LogP contribution is -2.48. The minimum absolute atomic E-state index is 0.127.